The van der Waals surface area contributed by atoms with E-state index in [2.05, 4.69) is 17.1 Å². The van der Waals surface area contributed by atoms with Crippen molar-refractivity contribution in [1.82, 2.24) is 24.6 Å². The lowest BCUT2D eigenvalue weighted by Gasteiger charge is -2.35. The van der Waals surface area contributed by atoms with Crippen molar-refractivity contribution in [1.29, 1.82) is 0 Å². The van der Waals surface area contributed by atoms with Crippen molar-refractivity contribution < 1.29 is 28.9 Å². The van der Waals surface area contributed by atoms with Crippen molar-refractivity contribution in [2.24, 2.45) is 0 Å². The topological polar surface area (TPSA) is 115 Å². The van der Waals surface area contributed by atoms with Gasteiger partial charge in [-0.25, -0.2) is 13.3 Å². The fourth-order valence-electron chi connectivity index (χ4n) is 4.98. The second kappa shape index (κ2) is 11.2. The average molecular weight is 563 g/mol. The molecule has 0 saturated carbocycles. The van der Waals surface area contributed by atoms with Crippen LogP contribution in [0, 0.1) is 18.6 Å². The SMILES string of the molecule is [CH2]c1ccc(C(=O)N2CCN(Cc3ccc(-n4c(O)nnc4-c4cc(C(C)C)c(O)cc4O)cc3F)CC2)c(F)c1. The van der Waals surface area contributed by atoms with Crippen molar-refractivity contribution in [3.63, 3.8) is 0 Å². The van der Waals surface area contributed by atoms with Crippen LogP contribution in [0.25, 0.3) is 17.1 Å². The van der Waals surface area contributed by atoms with Gasteiger partial charge in [0.05, 0.1) is 16.8 Å². The predicted molar refractivity (Wildman–Crippen MR) is 148 cm³/mol. The standard InChI is InChI=1S/C30H30F2N5O4/c1-17(2)22-14-23(27(39)15-26(22)38)28-33-34-30(41)37(28)20-6-5-19(24(31)13-20)16-35-8-10-36(11-9-35)29(40)21-7-4-18(3)12-25(21)32/h4-7,12-15,17,38-39H,3,8-11,16H2,1-2H3,(H,34,41). The Balaban J connectivity index is 1.31. The number of nitrogens with zero attached hydrogens (tertiary/aromatic N) is 5. The monoisotopic (exact) mass is 562 g/mol. The van der Waals surface area contributed by atoms with Gasteiger partial charge in [-0.15, -0.1) is 5.10 Å². The van der Waals surface area contributed by atoms with Gasteiger partial charge in [0.25, 0.3) is 5.91 Å². The number of hydrogen-bond acceptors (Lipinski definition) is 7. The molecule has 0 spiro atoms. The molecule has 1 aromatic heterocycles. The van der Waals surface area contributed by atoms with Crippen LogP contribution in [0.5, 0.6) is 17.5 Å². The zero-order chi connectivity index (χ0) is 29.4. The lowest BCUT2D eigenvalue weighted by atomic mass is 9.98. The zero-order valence-corrected chi connectivity index (χ0v) is 22.7. The second-order valence-electron chi connectivity index (χ2n) is 10.4. The van der Waals surface area contributed by atoms with Crippen LogP contribution in [0.3, 0.4) is 0 Å². The van der Waals surface area contributed by atoms with Crippen LogP contribution in [0.1, 0.15) is 46.8 Å². The number of aromatic nitrogens is 3. The van der Waals surface area contributed by atoms with Crippen LogP contribution in [-0.4, -0.2) is 72.0 Å². The van der Waals surface area contributed by atoms with E-state index in [4.69, 9.17) is 0 Å². The van der Waals surface area contributed by atoms with Crippen LogP contribution in [0.15, 0.2) is 48.5 Å². The maximum atomic E-state index is 15.3. The van der Waals surface area contributed by atoms with Crippen LogP contribution in [0.4, 0.5) is 8.78 Å². The first-order valence-corrected chi connectivity index (χ1v) is 13.2. The van der Waals surface area contributed by atoms with Crippen LogP contribution >= 0.6 is 0 Å². The summed E-state index contributed by atoms with van der Waals surface area (Å²) in [5.41, 5.74) is 1.94. The van der Waals surface area contributed by atoms with Gasteiger partial charge in [0.2, 0.25) is 0 Å². The molecule has 213 valence electrons. The molecule has 0 aliphatic carbocycles. The summed E-state index contributed by atoms with van der Waals surface area (Å²) in [5.74, 6) is -1.83. The second-order valence-corrected chi connectivity index (χ2v) is 10.4. The zero-order valence-electron chi connectivity index (χ0n) is 22.7. The van der Waals surface area contributed by atoms with Gasteiger partial charge in [0, 0.05) is 44.4 Å². The largest absolute Gasteiger partial charge is 0.508 e. The Morgan fingerprint density at radius 2 is 1.66 bits per heavy atom. The van der Waals surface area contributed by atoms with E-state index >= 15 is 4.39 Å². The normalized spacial score (nSPS) is 14.1. The smallest absolute Gasteiger partial charge is 0.319 e. The van der Waals surface area contributed by atoms with Gasteiger partial charge in [0.15, 0.2) is 5.82 Å². The summed E-state index contributed by atoms with van der Waals surface area (Å²) < 4.78 is 30.8. The summed E-state index contributed by atoms with van der Waals surface area (Å²) in [6.07, 6.45) is 0. The van der Waals surface area contributed by atoms with Gasteiger partial charge in [-0.3, -0.25) is 9.69 Å². The molecule has 4 aromatic rings. The average Bonchev–Trinajstić information content (AvgIpc) is 3.30. The first kappa shape index (κ1) is 28.0. The third kappa shape index (κ3) is 5.58. The molecule has 3 aromatic carbocycles. The number of carbonyl (C=O) groups excluding carboxylic acids is 1. The number of aromatic hydroxyl groups is 3. The molecule has 9 nitrogen and oxygen atoms in total. The number of hydrogen-bond donors (Lipinski definition) is 3. The van der Waals surface area contributed by atoms with E-state index in [1.807, 2.05) is 18.7 Å². The molecule has 0 atom stereocenters. The van der Waals surface area contributed by atoms with Gasteiger partial charge in [-0.05, 0) is 54.3 Å². The molecular formula is C30H30F2N5O4. The minimum atomic E-state index is -0.602. The summed E-state index contributed by atoms with van der Waals surface area (Å²) in [7, 11) is 0. The third-order valence-electron chi connectivity index (χ3n) is 7.27. The fourth-order valence-corrected chi connectivity index (χ4v) is 4.98. The molecule has 0 unspecified atom stereocenters. The third-order valence-corrected chi connectivity index (χ3v) is 7.27. The number of halogens is 2. The van der Waals surface area contributed by atoms with Crippen molar-refractivity contribution >= 4 is 5.91 Å². The van der Waals surface area contributed by atoms with Crippen LogP contribution in [-0.2, 0) is 6.54 Å². The molecule has 3 N–H and O–H groups in total. The molecule has 1 fully saturated rings. The van der Waals surface area contributed by atoms with Gasteiger partial charge in [-0.2, -0.15) is 0 Å². The summed E-state index contributed by atoms with van der Waals surface area (Å²) in [5, 5.41) is 38.8. The molecule has 11 heteroatoms. The lowest BCUT2D eigenvalue weighted by Crippen LogP contribution is -2.48. The molecule has 1 aliphatic heterocycles. The van der Waals surface area contributed by atoms with E-state index in [1.165, 1.54) is 28.8 Å². The minimum absolute atomic E-state index is 0.00477. The van der Waals surface area contributed by atoms with E-state index in [-0.39, 0.29) is 52.5 Å². The van der Waals surface area contributed by atoms with Crippen molar-refractivity contribution in [2.45, 2.75) is 26.3 Å². The highest BCUT2D eigenvalue weighted by Gasteiger charge is 2.25. The highest BCUT2D eigenvalue weighted by atomic mass is 19.1. The molecule has 1 radical (unpaired) electrons. The molecule has 1 amide bonds. The maximum absolute atomic E-state index is 15.3. The minimum Gasteiger partial charge on any atom is -0.508 e. The number of piperazine rings is 1. The summed E-state index contributed by atoms with van der Waals surface area (Å²) in [4.78, 5) is 16.4. The highest BCUT2D eigenvalue weighted by Crippen LogP contribution is 2.39. The first-order chi connectivity index (χ1) is 19.5. The molecule has 2 heterocycles. The quantitative estimate of drug-likeness (QED) is 0.315. The van der Waals surface area contributed by atoms with Crippen molar-refractivity contribution in [3.05, 3.63) is 89.3 Å². The van der Waals surface area contributed by atoms with Crippen LogP contribution in [0.2, 0.25) is 0 Å². The van der Waals surface area contributed by atoms with Crippen molar-refractivity contribution in [2.75, 3.05) is 26.2 Å². The maximum Gasteiger partial charge on any atom is 0.319 e. The first-order valence-electron chi connectivity index (χ1n) is 13.2. The molecule has 5 rings (SSSR count). The Labute approximate surface area is 235 Å². The number of benzene rings is 3. The Morgan fingerprint density at radius 1 is 0.927 bits per heavy atom. The number of phenolic OH excluding ortho intramolecular Hbond substituents is 2. The number of phenols is 2. The lowest BCUT2D eigenvalue weighted by molar-refractivity contribution is 0.0622. The predicted octanol–water partition coefficient (Wildman–Crippen LogP) is 4.59. The van der Waals surface area contributed by atoms with Gasteiger partial charge < -0.3 is 20.2 Å². The fraction of sp³-hybridized carbons (Fsp3) is 0.267. The van der Waals surface area contributed by atoms with E-state index in [9.17, 15) is 24.5 Å². The molecule has 1 aliphatic rings. The number of amides is 1. The molecular weight excluding hydrogens is 532 g/mol. The van der Waals surface area contributed by atoms with Crippen LogP contribution < -0.4 is 0 Å². The highest BCUT2D eigenvalue weighted by molar-refractivity contribution is 5.94. The number of rotatable bonds is 6. The van der Waals surface area contributed by atoms with Gasteiger partial charge in [0.1, 0.15) is 23.1 Å². The summed E-state index contributed by atoms with van der Waals surface area (Å²) in [6.45, 7) is 9.43. The Morgan fingerprint density at radius 3 is 2.32 bits per heavy atom. The summed E-state index contributed by atoms with van der Waals surface area (Å²) in [6, 6.07) is 11.0. The summed E-state index contributed by atoms with van der Waals surface area (Å²) >= 11 is 0. The Hall–Kier alpha value is -4.51. The van der Waals surface area contributed by atoms with Gasteiger partial charge in [-0.1, -0.05) is 31.1 Å². The van der Waals surface area contributed by atoms with Gasteiger partial charge >= 0.3 is 6.01 Å². The van der Waals surface area contributed by atoms with E-state index in [0.29, 0.717) is 42.9 Å². The van der Waals surface area contributed by atoms with E-state index in [0.717, 1.165) is 0 Å². The molecule has 41 heavy (non-hydrogen) atoms. The Kier molecular flexibility index (Phi) is 7.63. The van der Waals surface area contributed by atoms with Crippen molar-refractivity contribution in [3.8, 4) is 34.6 Å². The van der Waals surface area contributed by atoms with E-state index in [1.54, 1.807) is 29.2 Å². The number of carbonyl (C=O) groups is 1. The molecule has 1 saturated heterocycles. The molecule has 0 bridgehead atoms. The Bertz CT molecular complexity index is 1610. The van der Waals surface area contributed by atoms with E-state index < -0.39 is 17.6 Å².